The molecule has 0 aromatic heterocycles. The Kier molecular flexibility index (Phi) is 2.63. The third kappa shape index (κ3) is 1.59. The topological polar surface area (TPSA) is 12.0 Å². The van der Waals surface area contributed by atoms with Crippen LogP contribution in [0.25, 0.3) is 0 Å². The molecule has 3 heteroatoms. The Balaban J connectivity index is 2.45. The fourth-order valence-electron chi connectivity index (χ4n) is 1.95. The third-order valence-electron chi connectivity index (χ3n) is 2.81. The highest BCUT2D eigenvalue weighted by Gasteiger charge is 2.25. The molecule has 1 N–H and O–H groups in total. The molecule has 2 rings (SSSR count). The van der Waals surface area contributed by atoms with Gasteiger partial charge in [-0.3, -0.25) is 0 Å². The lowest BCUT2D eigenvalue weighted by molar-refractivity contribution is 0.533. The Morgan fingerprint density at radius 2 is 1.93 bits per heavy atom. The molecule has 1 nitrogen and oxygen atoms in total. The SMILES string of the molecule is CC(C)C1CNc2cc(Cl)c(Cl)cc21. The van der Waals surface area contributed by atoms with Crippen molar-refractivity contribution < 1.29 is 0 Å². The zero-order valence-electron chi connectivity index (χ0n) is 8.27. The fourth-order valence-corrected chi connectivity index (χ4v) is 2.28. The maximum Gasteiger partial charge on any atom is 0.0613 e. The second-order valence-corrected chi connectivity index (χ2v) is 4.90. The fraction of sp³-hybridized carbons (Fsp3) is 0.455. The molecule has 0 aliphatic carbocycles. The van der Waals surface area contributed by atoms with Gasteiger partial charge in [-0.05, 0) is 23.6 Å². The number of anilines is 1. The average Bonchev–Trinajstić information content (AvgIpc) is 2.48. The van der Waals surface area contributed by atoms with Crippen molar-refractivity contribution in [2.24, 2.45) is 5.92 Å². The van der Waals surface area contributed by atoms with Crippen molar-refractivity contribution >= 4 is 28.9 Å². The van der Waals surface area contributed by atoms with Crippen molar-refractivity contribution in [2.45, 2.75) is 19.8 Å². The smallest absolute Gasteiger partial charge is 0.0613 e. The van der Waals surface area contributed by atoms with E-state index in [4.69, 9.17) is 23.2 Å². The standard InChI is InChI=1S/C11H13Cl2N/c1-6(2)8-5-14-11-4-10(13)9(12)3-7(8)11/h3-4,6,8,14H,5H2,1-2H3. The third-order valence-corrected chi connectivity index (χ3v) is 3.53. The van der Waals surface area contributed by atoms with Crippen molar-refractivity contribution in [2.75, 3.05) is 11.9 Å². The van der Waals surface area contributed by atoms with Crippen LogP contribution in [0.3, 0.4) is 0 Å². The monoisotopic (exact) mass is 229 g/mol. The summed E-state index contributed by atoms with van der Waals surface area (Å²) in [5.41, 5.74) is 2.44. The van der Waals surface area contributed by atoms with E-state index in [1.807, 2.05) is 12.1 Å². The van der Waals surface area contributed by atoms with E-state index in [9.17, 15) is 0 Å². The lowest BCUT2D eigenvalue weighted by Gasteiger charge is -2.14. The minimum atomic E-state index is 0.555. The van der Waals surface area contributed by atoms with Crippen LogP contribution in [0.4, 0.5) is 5.69 Å². The molecule has 0 saturated heterocycles. The van der Waals surface area contributed by atoms with Gasteiger partial charge in [-0.1, -0.05) is 37.0 Å². The number of hydrogen-bond acceptors (Lipinski definition) is 1. The van der Waals surface area contributed by atoms with E-state index in [0.29, 0.717) is 21.9 Å². The lowest BCUT2D eigenvalue weighted by atomic mass is 9.90. The molecule has 0 amide bonds. The Bertz CT molecular complexity index is 361. The zero-order chi connectivity index (χ0) is 10.3. The normalized spacial score (nSPS) is 19.6. The summed E-state index contributed by atoms with van der Waals surface area (Å²) in [5, 5.41) is 4.64. The van der Waals surface area contributed by atoms with Crippen LogP contribution in [-0.2, 0) is 0 Å². The highest BCUT2D eigenvalue weighted by Crippen LogP contribution is 2.40. The highest BCUT2D eigenvalue weighted by atomic mass is 35.5. The molecule has 1 aliphatic rings. The van der Waals surface area contributed by atoms with Crippen LogP contribution >= 0.6 is 23.2 Å². The van der Waals surface area contributed by atoms with Gasteiger partial charge in [0.15, 0.2) is 0 Å². The second kappa shape index (κ2) is 3.63. The molecular weight excluding hydrogens is 217 g/mol. The summed E-state index contributed by atoms with van der Waals surface area (Å²) < 4.78 is 0. The summed E-state index contributed by atoms with van der Waals surface area (Å²) in [6, 6.07) is 3.91. The Labute approximate surface area is 94.4 Å². The lowest BCUT2D eigenvalue weighted by Crippen LogP contribution is -2.08. The zero-order valence-corrected chi connectivity index (χ0v) is 9.78. The minimum absolute atomic E-state index is 0.555. The quantitative estimate of drug-likeness (QED) is 0.763. The van der Waals surface area contributed by atoms with E-state index in [-0.39, 0.29) is 0 Å². The van der Waals surface area contributed by atoms with E-state index in [1.54, 1.807) is 0 Å². The van der Waals surface area contributed by atoms with Crippen molar-refractivity contribution in [1.29, 1.82) is 0 Å². The van der Waals surface area contributed by atoms with Crippen LogP contribution in [0.5, 0.6) is 0 Å². The second-order valence-electron chi connectivity index (χ2n) is 4.08. The van der Waals surface area contributed by atoms with Crippen LogP contribution in [0.2, 0.25) is 10.0 Å². The molecule has 0 bridgehead atoms. The Morgan fingerprint density at radius 1 is 1.29 bits per heavy atom. The first-order valence-electron chi connectivity index (χ1n) is 4.82. The van der Waals surface area contributed by atoms with Crippen molar-refractivity contribution in [1.82, 2.24) is 0 Å². The van der Waals surface area contributed by atoms with Crippen molar-refractivity contribution in [3.8, 4) is 0 Å². The molecule has 1 aromatic carbocycles. The van der Waals surface area contributed by atoms with E-state index >= 15 is 0 Å². The average molecular weight is 230 g/mol. The number of nitrogens with one attached hydrogen (secondary N) is 1. The maximum atomic E-state index is 6.00. The first-order valence-corrected chi connectivity index (χ1v) is 5.58. The van der Waals surface area contributed by atoms with E-state index < -0.39 is 0 Å². The number of fused-ring (bicyclic) bond motifs is 1. The molecule has 1 aliphatic heterocycles. The van der Waals surface area contributed by atoms with Gasteiger partial charge in [0.1, 0.15) is 0 Å². The van der Waals surface area contributed by atoms with Gasteiger partial charge in [-0.25, -0.2) is 0 Å². The predicted molar refractivity (Wildman–Crippen MR) is 62.5 cm³/mol. The number of halogens is 2. The largest absolute Gasteiger partial charge is 0.384 e. The van der Waals surface area contributed by atoms with Gasteiger partial charge in [0.2, 0.25) is 0 Å². The molecule has 1 unspecified atom stereocenters. The van der Waals surface area contributed by atoms with Gasteiger partial charge >= 0.3 is 0 Å². The molecule has 0 spiro atoms. The number of hydrogen-bond donors (Lipinski definition) is 1. The molecular formula is C11H13Cl2N. The van der Waals surface area contributed by atoms with Crippen LogP contribution < -0.4 is 5.32 Å². The first-order chi connectivity index (χ1) is 6.59. The predicted octanol–water partition coefficient (Wildman–Crippen LogP) is 4.16. The van der Waals surface area contributed by atoms with Crippen LogP contribution in [0, 0.1) is 5.92 Å². The van der Waals surface area contributed by atoms with Gasteiger partial charge in [-0.15, -0.1) is 0 Å². The van der Waals surface area contributed by atoms with Crippen molar-refractivity contribution in [3.63, 3.8) is 0 Å². The molecule has 0 fully saturated rings. The Hall–Kier alpha value is -0.400. The summed E-state index contributed by atoms with van der Waals surface area (Å²) in [6.07, 6.45) is 0. The van der Waals surface area contributed by atoms with Crippen molar-refractivity contribution in [3.05, 3.63) is 27.7 Å². The van der Waals surface area contributed by atoms with E-state index in [1.165, 1.54) is 5.56 Å². The van der Waals surface area contributed by atoms with Gasteiger partial charge in [0.25, 0.3) is 0 Å². The summed E-state index contributed by atoms with van der Waals surface area (Å²) in [6.45, 7) is 5.44. The van der Waals surface area contributed by atoms with E-state index in [2.05, 4.69) is 19.2 Å². The summed E-state index contributed by atoms with van der Waals surface area (Å²) in [4.78, 5) is 0. The van der Waals surface area contributed by atoms with Crippen LogP contribution in [0.1, 0.15) is 25.3 Å². The van der Waals surface area contributed by atoms with Crippen LogP contribution in [-0.4, -0.2) is 6.54 Å². The van der Waals surface area contributed by atoms with Gasteiger partial charge in [-0.2, -0.15) is 0 Å². The first kappa shape index (κ1) is 10.1. The number of benzene rings is 1. The van der Waals surface area contributed by atoms with Gasteiger partial charge < -0.3 is 5.32 Å². The van der Waals surface area contributed by atoms with Crippen LogP contribution in [0.15, 0.2) is 12.1 Å². The minimum Gasteiger partial charge on any atom is -0.384 e. The Morgan fingerprint density at radius 3 is 2.57 bits per heavy atom. The summed E-state index contributed by atoms with van der Waals surface area (Å²) >= 11 is 12.0. The van der Waals surface area contributed by atoms with Gasteiger partial charge in [0, 0.05) is 18.2 Å². The molecule has 1 atom stereocenters. The van der Waals surface area contributed by atoms with E-state index in [0.717, 1.165) is 12.2 Å². The summed E-state index contributed by atoms with van der Waals surface area (Å²) in [7, 11) is 0. The molecule has 1 aromatic rings. The molecule has 1 heterocycles. The molecule has 0 saturated carbocycles. The molecule has 76 valence electrons. The van der Waals surface area contributed by atoms with Gasteiger partial charge in [0.05, 0.1) is 10.0 Å². The molecule has 0 radical (unpaired) electrons. The maximum absolute atomic E-state index is 6.00. The molecule has 14 heavy (non-hydrogen) atoms. The highest BCUT2D eigenvalue weighted by molar-refractivity contribution is 6.42. The summed E-state index contributed by atoms with van der Waals surface area (Å²) in [5.74, 6) is 1.18. The number of rotatable bonds is 1.